The first-order chi connectivity index (χ1) is 13.0. The predicted molar refractivity (Wildman–Crippen MR) is 95.8 cm³/mol. The zero-order valence-corrected chi connectivity index (χ0v) is 15.3. The molecule has 8 nitrogen and oxygen atoms in total. The zero-order chi connectivity index (χ0) is 19.4. The molecular formula is C19H23N4O4+. The molecule has 27 heavy (non-hydrogen) atoms. The van der Waals surface area contributed by atoms with Crippen molar-refractivity contribution in [3.05, 3.63) is 60.1 Å². The Balaban J connectivity index is 1.66. The van der Waals surface area contributed by atoms with Crippen molar-refractivity contribution in [2.24, 2.45) is 0 Å². The number of rotatable bonds is 7. The SMILES string of the molecule is CC[C@]1(c2ccccc2)NC(=O)N(NC(=O)C[NH2+][C@H](C)c2ccco2)C1=O. The Morgan fingerprint density at radius 3 is 2.63 bits per heavy atom. The number of furan rings is 1. The molecule has 1 aromatic heterocycles. The third kappa shape index (κ3) is 3.56. The smallest absolute Gasteiger partial charge is 0.344 e. The van der Waals surface area contributed by atoms with E-state index < -0.39 is 23.4 Å². The summed E-state index contributed by atoms with van der Waals surface area (Å²) < 4.78 is 5.29. The highest BCUT2D eigenvalue weighted by Crippen LogP contribution is 2.31. The zero-order valence-electron chi connectivity index (χ0n) is 15.3. The Labute approximate surface area is 156 Å². The fourth-order valence-corrected chi connectivity index (χ4v) is 3.16. The molecule has 4 amide bonds. The molecule has 0 saturated carbocycles. The van der Waals surface area contributed by atoms with Gasteiger partial charge in [0.05, 0.1) is 6.26 Å². The molecule has 1 aromatic carbocycles. The van der Waals surface area contributed by atoms with Gasteiger partial charge in [0.1, 0.15) is 11.6 Å². The summed E-state index contributed by atoms with van der Waals surface area (Å²) in [5.74, 6) is -0.197. The maximum atomic E-state index is 12.9. The highest BCUT2D eigenvalue weighted by atomic mass is 16.3. The monoisotopic (exact) mass is 371 g/mol. The summed E-state index contributed by atoms with van der Waals surface area (Å²) in [6, 6.07) is 11.9. The van der Waals surface area contributed by atoms with Crippen LogP contribution in [0.15, 0.2) is 53.1 Å². The van der Waals surface area contributed by atoms with Gasteiger partial charge < -0.3 is 15.1 Å². The number of amides is 4. The molecule has 3 rings (SSSR count). The summed E-state index contributed by atoms with van der Waals surface area (Å²) >= 11 is 0. The molecule has 2 aromatic rings. The number of urea groups is 1. The summed E-state index contributed by atoms with van der Waals surface area (Å²) in [5, 5.41) is 5.25. The molecule has 8 heteroatoms. The van der Waals surface area contributed by atoms with Crippen LogP contribution in [0.4, 0.5) is 4.79 Å². The summed E-state index contributed by atoms with van der Waals surface area (Å²) in [7, 11) is 0. The van der Waals surface area contributed by atoms with Crippen molar-refractivity contribution in [2.75, 3.05) is 6.54 Å². The Kier molecular flexibility index (Phi) is 5.27. The van der Waals surface area contributed by atoms with Crippen molar-refractivity contribution in [2.45, 2.75) is 31.8 Å². The van der Waals surface area contributed by atoms with Gasteiger partial charge in [0.15, 0.2) is 12.3 Å². The van der Waals surface area contributed by atoms with Crippen molar-refractivity contribution < 1.29 is 24.1 Å². The fraction of sp³-hybridized carbons (Fsp3) is 0.316. The molecule has 0 bridgehead atoms. The van der Waals surface area contributed by atoms with E-state index >= 15 is 0 Å². The fourth-order valence-electron chi connectivity index (χ4n) is 3.16. The molecule has 1 aliphatic rings. The van der Waals surface area contributed by atoms with E-state index in [1.807, 2.05) is 26.0 Å². The number of quaternary nitrogens is 1. The first-order valence-electron chi connectivity index (χ1n) is 8.86. The second-order valence-corrected chi connectivity index (χ2v) is 6.47. The van der Waals surface area contributed by atoms with Gasteiger partial charge in [0.2, 0.25) is 0 Å². The maximum Gasteiger partial charge on any atom is 0.344 e. The molecule has 2 heterocycles. The molecule has 1 fully saturated rings. The highest BCUT2D eigenvalue weighted by molar-refractivity contribution is 6.08. The van der Waals surface area contributed by atoms with Crippen LogP contribution >= 0.6 is 0 Å². The van der Waals surface area contributed by atoms with E-state index in [-0.39, 0.29) is 12.6 Å². The molecular weight excluding hydrogens is 348 g/mol. The van der Waals surface area contributed by atoms with Crippen LogP contribution < -0.4 is 16.1 Å². The Bertz CT molecular complexity index is 821. The Morgan fingerprint density at radius 1 is 1.26 bits per heavy atom. The van der Waals surface area contributed by atoms with E-state index in [2.05, 4.69) is 10.7 Å². The number of nitrogens with two attached hydrogens (primary N) is 1. The van der Waals surface area contributed by atoms with Gasteiger partial charge in [0, 0.05) is 0 Å². The van der Waals surface area contributed by atoms with Crippen LogP contribution in [-0.2, 0) is 15.1 Å². The molecule has 2 atom stereocenters. The third-order valence-corrected chi connectivity index (χ3v) is 4.77. The summed E-state index contributed by atoms with van der Waals surface area (Å²) in [4.78, 5) is 37.5. The number of carbonyl (C=O) groups is 3. The molecule has 0 unspecified atom stereocenters. The maximum absolute atomic E-state index is 12.9. The van der Waals surface area contributed by atoms with E-state index in [9.17, 15) is 14.4 Å². The summed E-state index contributed by atoms with van der Waals surface area (Å²) in [6.45, 7) is 3.76. The third-order valence-electron chi connectivity index (χ3n) is 4.77. The number of hydrazine groups is 1. The van der Waals surface area contributed by atoms with E-state index in [0.717, 1.165) is 10.8 Å². The van der Waals surface area contributed by atoms with E-state index in [1.165, 1.54) is 0 Å². The van der Waals surface area contributed by atoms with Crippen molar-refractivity contribution in [3.63, 3.8) is 0 Å². The normalized spacial score (nSPS) is 20.4. The molecule has 142 valence electrons. The minimum atomic E-state index is -1.17. The molecule has 1 aliphatic heterocycles. The Hall–Kier alpha value is -3.13. The summed E-state index contributed by atoms with van der Waals surface area (Å²) in [6.07, 6.45) is 1.94. The van der Waals surface area contributed by atoms with E-state index in [1.54, 1.807) is 41.9 Å². The van der Waals surface area contributed by atoms with Gasteiger partial charge in [-0.05, 0) is 31.0 Å². The molecule has 4 N–H and O–H groups in total. The van der Waals surface area contributed by atoms with Gasteiger partial charge in [-0.2, -0.15) is 5.01 Å². The average molecular weight is 371 g/mol. The van der Waals surface area contributed by atoms with Gasteiger partial charge in [-0.3, -0.25) is 15.0 Å². The van der Waals surface area contributed by atoms with Gasteiger partial charge in [0.25, 0.3) is 11.8 Å². The second-order valence-electron chi connectivity index (χ2n) is 6.47. The first-order valence-corrected chi connectivity index (χ1v) is 8.86. The lowest BCUT2D eigenvalue weighted by Crippen LogP contribution is -2.87. The van der Waals surface area contributed by atoms with Crippen molar-refractivity contribution in [1.29, 1.82) is 0 Å². The lowest BCUT2D eigenvalue weighted by atomic mass is 9.87. The van der Waals surface area contributed by atoms with Crippen LogP contribution in [0, 0.1) is 0 Å². The second kappa shape index (κ2) is 7.63. The van der Waals surface area contributed by atoms with Crippen LogP contribution in [0.2, 0.25) is 0 Å². The van der Waals surface area contributed by atoms with E-state index in [4.69, 9.17) is 4.42 Å². The number of hydrogen-bond donors (Lipinski definition) is 3. The minimum absolute atomic E-state index is 0.0450. The standard InChI is InChI=1S/C19H22N4O4/c1-3-19(14-8-5-4-6-9-14)17(25)23(18(26)21-19)22-16(24)12-20-13(2)15-10-7-11-27-15/h4-11,13,20H,3,12H2,1-2H3,(H,21,26)(H,22,24)/p+1/t13-,19-/m1/s1. The number of nitrogens with zero attached hydrogens (tertiary/aromatic N) is 1. The topological polar surface area (TPSA) is 108 Å². The van der Waals surface area contributed by atoms with Crippen LogP contribution in [0.3, 0.4) is 0 Å². The Morgan fingerprint density at radius 2 is 2.00 bits per heavy atom. The molecule has 0 aliphatic carbocycles. The van der Waals surface area contributed by atoms with Crippen LogP contribution in [0.1, 0.15) is 37.6 Å². The van der Waals surface area contributed by atoms with Crippen molar-refractivity contribution in [1.82, 2.24) is 15.8 Å². The van der Waals surface area contributed by atoms with Gasteiger partial charge in [-0.25, -0.2) is 4.79 Å². The summed E-state index contributed by atoms with van der Waals surface area (Å²) in [5.41, 5.74) is 1.92. The molecule has 0 spiro atoms. The highest BCUT2D eigenvalue weighted by Gasteiger charge is 2.52. The number of benzene rings is 1. The van der Waals surface area contributed by atoms with Gasteiger partial charge >= 0.3 is 6.03 Å². The average Bonchev–Trinajstić information content (AvgIpc) is 3.30. The van der Waals surface area contributed by atoms with Crippen molar-refractivity contribution in [3.8, 4) is 0 Å². The number of nitrogens with one attached hydrogen (secondary N) is 2. The number of hydrogen-bond acceptors (Lipinski definition) is 4. The predicted octanol–water partition coefficient (Wildman–Crippen LogP) is 0.793. The van der Waals surface area contributed by atoms with Crippen LogP contribution in [0.25, 0.3) is 0 Å². The van der Waals surface area contributed by atoms with Crippen LogP contribution in [0.5, 0.6) is 0 Å². The number of imide groups is 1. The van der Waals surface area contributed by atoms with Crippen LogP contribution in [-0.4, -0.2) is 29.4 Å². The molecule has 1 saturated heterocycles. The van der Waals surface area contributed by atoms with Crippen molar-refractivity contribution >= 4 is 17.8 Å². The quantitative estimate of drug-likeness (QED) is 0.625. The van der Waals surface area contributed by atoms with Gasteiger partial charge in [-0.1, -0.05) is 37.3 Å². The minimum Gasteiger partial charge on any atom is -0.463 e. The molecule has 0 radical (unpaired) electrons. The lowest BCUT2D eigenvalue weighted by molar-refractivity contribution is -0.684. The van der Waals surface area contributed by atoms with Gasteiger partial charge in [-0.15, -0.1) is 0 Å². The lowest BCUT2D eigenvalue weighted by Gasteiger charge is -2.25. The van der Waals surface area contributed by atoms with E-state index in [0.29, 0.717) is 12.0 Å². The largest absolute Gasteiger partial charge is 0.463 e. The first kappa shape index (κ1) is 18.7. The number of carbonyl (C=O) groups excluding carboxylic acids is 3.